The molecule has 0 aliphatic rings. The normalized spacial score (nSPS) is 10.4. The van der Waals surface area contributed by atoms with Crippen molar-refractivity contribution in [2.45, 2.75) is 26.8 Å². The van der Waals surface area contributed by atoms with E-state index in [1.807, 2.05) is 26.0 Å². The number of hydrogen-bond donors (Lipinski definition) is 1. The van der Waals surface area contributed by atoms with Crippen LogP contribution in [-0.2, 0) is 11.3 Å². The lowest BCUT2D eigenvalue weighted by molar-refractivity contribution is -0.116. The van der Waals surface area contributed by atoms with Gasteiger partial charge in [-0.3, -0.25) is 4.79 Å². The Morgan fingerprint density at radius 1 is 1.00 bits per heavy atom. The second kappa shape index (κ2) is 7.77. The van der Waals surface area contributed by atoms with Gasteiger partial charge in [-0.05, 0) is 26.0 Å². The second-order valence-electron chi connectivity index (χ2n) is 5.48. The average Bonchev–Trinajstić information content (AvgIpc) is 2.90. The third-order valence-electron chi connectivity index (χ3n) is 3.93. The van der Waals surface area contributed by atoms with Crippen LogP contribution in [0.3, 0.4) is 0 Å². The molecule has 6 nitrogen and oxygen atoms in total. The van der Waals surface area contributed by atoms with Gasteiger partial charge < -0.3 is 24.1 Å². The van der Waals surface area contributed by atoms with E-state index in [-0.39, 0.29) is 5.91 Å². The third-order valence-corrected chi connectivity index (χ3v) is 3.93. The van der Waals surface area contributed by atoms with Crippen LogP contribution in [0.25, 0.3) is 0 Å². The maximum atomic E-state index is 12.2. The van der Waals surface area contributed by atoms with Crippen LogP contribution < -0.4 is 19.5 Å². The van der Waals surface area contributed by atoms with Crippen molar-refractivity contribution in [1.29, 1.82) is 0 Å². The predicted octanol–water partition coefficient (Wildman–Crippen LogP) is 3.16. The van der Waals surface area contributed by atoms with E-state index in [9.17, 15) is 4.79 Å². The monoisotopic (exact) mass is 332 g/mol. The van der Waals surface area contributed by atoms with Gasteiger partial charge in [-0.1, -0.05) is 0 Å². The van der Waals surface area contributed by atoms with Gasteiger partial charge in [0.15, 0.2) is 11.5 Å². The van der Waals surface area contributed by atoms with E-state index < -0.39 is 0 Å². The van der Waals surface area contributed by atoms with Crippen molar-refractivity contribution in [2.24, 2.45) is 0 Å². The van der Waals surface area contributed by atoms with E-state index >= 15 is 0 Å². The number of methoxy groups -OCH3 is 3. The Balaban J connectivity index is 2.08. The number of nitrogens with one attached hydrogen (secondary N) is 1. The Bertz CT molecular complexity index is 677. The molecule has 0 unspecified atom stereocenters. The van der Waals surface area contributed by atoms with Gasteiger partial charge in [-0.15, -0.1) is 0 Å². The van der Waals surface area contributed by atoms with Gasteiger partial charge in [-0.25, -0.2) is 0 Å². The fourth-order valence-corrected chi connectivity index (χ4v) is 2.64. The summed E-state index contributed by atoms with van der Waals surface area (Å²) >= 11 is 0. The molecule has 2 rings (SSSR count). The standard InChI is InChI=1S/C18H24N2O4/c1-12-6-7-13(2)20(12)9-8-17(21)19-14-10-15(22-3)18(24-5)16(11-14)23-4/h6-7,10-11H,8-9H2,1-5H3,(H,19,21). The number of anilines is 1. The largest absolute Gasteiger partial charge is 0.493 e. The molecule has 0 saturated carbocycles. The first kappa shape index (κ1) is 17.7. The summed E-state index contributed by atoms with van der Waals surface area (Å²) in [4.78, 5) is 12.2. The summed E-state index contributed by atoms with van der Waals surface area (Å²) < 4.78 is 18.0. The number of ether oxygens (including phenoxy) is 3. The molecule has 0 saturated heterocycles. The van der Waals surface area contributed by atoms with E-state index in [1.54, 1.807) is 33.5 Å². The summed E-state index contributed by atoms with van der Waals surface area (Å²) in [6, 6.07) is 7.52. The SMILES string of the molecule is COc1cc(NC(=O)CCn2c(C)ccc2C)cc(OC)c1OC. The van der Waals surface area contributed by atoms with Gasteiger partial charge >= 0.3 is 0 Å². The molecule has 1 aromatic carbocycles. The molecule has 0 aliphatic carbocycles. The number of rotatable bonds is 7. The quantitative estimate of drug-likeness (QED) is 0.846. The van der Waals surface area contributed by atoms with Crippen LogP contribution >= 0.6 is 0 Å². The fraction of sp³-hybridized carbons (Fsp3) is 0.389. The van der Waals surface area contributed by atoms with Crippen LogP contribution in [0.2, 0.25) is 0 Å². The topological polar surface area (TPSA) is 61.7 Å². The number of aromatic nitrogens is 1. The number of benzene rings is 1. The van der Waals surface area contributed by atoms with Crippen molar-refractivity contribution < 1.29 is 19.0 Å². The third kappa shape index (κ3) is 3.82. The van der Waals surface area contributed by atoms with Crippen LogP contribution in [0, 0.1) is 13.8 Å². The number of carbonyl (C=O) groups is 1. The maximum Gasteiger partial charge on any atom is 0.226 e. The molecule has 24 heavy (non-hydrogen) atoms. The van der Waals surface area contributed by atoms with Crippen molar-refractivity contribution in [3.8, 4) is 17.2 Å². The van der Waals surface area contributed by atoms with Crippen molar-refractivity contribution in [2.75, 3.05) is 26.6 Å². The molecule has 2 aromatic rings. The molecule has 1 amide bonds. The summed E-state index contributed by atoms with van der Waals surface area (Å²) in [7, 11) is 4.63. The Kier molecular flexibility index (Phi) is 5.73. The lowest BCUT2D eigenvalue weighted by Crippen LogP contribution is -2.15. The maximum absolute atomic E-state index is 12.2. The minimum Gasteiger partial charge on any atom is -0.493 e. The summed E-state index contributed by atoms with van der Waals surface area (Å²) in [5, 5.41) is 2.88. The minimum absolute atomic E-state index is 0.0724. The summed E-state index contributed by atoms with van der Waals surface area (Å²) in [6.45, 7) is 4.70. The Hall–Kier alpha value is -2.63. The van der Waals surface area contributed by atoms with E-state index in [0.717, 1.165) is 11.4 Å². The van der Waals surface area contributed by atoms with Crippen LogP contribution in [0.4, 0.5) is 5.69 Å². The highest BCUT2D eigenvalue weighted by Gasteiger charge is 2.14. The lowest BCUT2D eigenvalue weighted by atomic mass is 10.2. The molecular formula is C18H24N2O4. The zero-order valence-electron chi connectivity index (χ0n) is 14.8. The van der Waals surface area contributed by atoms with Gasteiger partial charge in [0.05, 0.1) is 21.3 Å². The number of hydrogen-bond acceptors (Lipinski definition) is 4. The molecule has 0 radical (unpaired) electrons. The zero-order chi connectivity index (χ0) is 17.7. The van der Waals surface area contributed by atoms with Gasteiger partial charge in [0.1, 0.15) is 0 Å². The number of aryl methyl sites for hydroxylation is 2. The molecule has 6 heteroatoms. The molecule has 130 valence electrons. The van der Waals surface area contributed by atoms with Crippen LogP contribution in [0.5, 0.6) is 17.2 Å². The first-order chi connectivity index (χ1) is 11.5. The summed E-state index contributed by atoms with van der Waals surface area (Å²) in [5.41, 5.74) is 2.90. The van der Waals surface area contributed by atoms with Crippen LogP contribution in [0.1, 0.15) is 17.8 Å². The van der Waals surface area contributed by atoms with Gasteiger partial charge in [0, 0.05) is 42.2 Å². The highest BCUT2D eigenvalue weighted by atomic mass is 16.5. The number of carbonyl (C=O) groups excluding carboxylic acids is 1. The highest BCUT2D eigenvalue weighted by molar-refractivity contribution is 5.91. The lowest BCUT2D eigenvalue weighted by Gasteiger charge is -2.15. The van der Waals surface area contributed by atoms with Crippen molar-refractivity contribution in [1.82, 2.24) is 4.57 Å². The Morgan fingerprint density at radius 2 is 1.54 bits per heavy atom. The van der Waals surface area contributed by atoms with Crippen LogP contribution in [-0.4, -0.2) is 31.8 Å². The number of amides is 1. The Labute approximate surface area is 142 Å². The molecule has 1 N–H and O–H groups in total. The van der Waals surface area contributed by atoms with E-state index in [0.29, 0.717) is 35.9 Å². The van der Waals surface area contributed by atoms with E-state index in [4.69, 9.17) is 14.2 Å². The van der Waals surface area contributed by atoms with Gasteiger partial charge in [-0.2, -0.15) is 0 Å². The second-order valence-corrected chi connectivity index (χ2v) is 5.48. The number of nitrogens with zero attached hydrogens (tertiary/aromatic N) is 1. The first-order valence-electron chi connectivity index (χ1n) is 7.72. The summed E-state index contributed by atoms with van der Waals surface area (Å²) in [6.07, 6.45) is 0.382. The molecule has 0 bridgehead atoms. The molecule has 1 heterocycles. The van der Waals surface area contributed by atoms with Crippen LogP contribution in [0.15, 0.2) is 24.3 Å². The summed E-state index contributed by atoms with van der Waals surface area (Å²) in [5.74, 6) is 1.43. The van der Waals surface area contributed by atoms with Crippen molar-refractivity contribution in [3.05, 3.63) is 35.7 Å². The average molecular weight is 332 g/mol. The van der Waals surface area contributed by atoms with Gasteiger partial charge in [0.25, 0.3) is 0 Å². The fourth-order valence-electron chi connectivity index (χ4n) is 2.64. The molecular weight excluding hydrogens is 308 g/mol. The molecule has 0 atom stereocenters. The van der Waals surface area contributed by atoms with Crippen molar-refractivity contribution in [3.63, 3.8) is 0 Å². The van der Waals surface area contributed by atoms with E-state index in [2.05, 4.69) is 9.88 Å². The smallest absolute Gasteiger partial charge is 0.226 e. The first-order valence-corrected chi connectivity index (χ1v) is 7.72. The predicted molar refractivity (Wildman–Crippen MR) is 93.3 cm³/mol. The molecule has 0 aliphatic heterocycles. The zero-order valence-corrected chi connectivity index (χ0v) is 14.8. The molecule has 1 aromatic heterocycles. The Morgan fingerprint density at radius 3 is 2.00 bits per heavy atom. The molecule has 0 spiro atoms. The highest BCUT2D eigenvalue weighted by Crippen LogP contribution is 2.39. The minimum atomic E-state index is -0.0724. The van der Waals surface area contributed by atoms with Gasteiger partial charge in [0.2, 0.25) is 11.7 Å². The van der Waals surface area contributed by atoms with E-state index in [1.165, 1.54) is 0 Å². The van der Waals surface area contributed by atoms with Crippen molar-refractivity contribution >= 4 is 11.6 Å². The molecule has 0 fully saturated rings.